The molecular weight excluding hydrogens is 240 g/mol. The fraction of sp³-hybridized carbons (Fsp3) is 0.750. The Morgan fingerprint density at radius 2 is 1.25 bits per heavy atom. The van der Waals surface area contributed by atoms with Gasteiger partial charge in [0, 0.05) is 6.42 Å². The third kappa shape index (κ3) is 6.77. The van der Waals surface area contributed by atoms with E-state index in [0.29, 0.717) is 0 Å². The summed E-state index contributed by atoms with van der Waals surface area (Å²) >= 11 is 0. The minimum absolute atomic E-state index is 1.30. The molecule has 1 aliphatic carbocycles. The molecule has 0 atom stereocenters. The van der Waals surface area contributed by atoms with E-state index < -0.39 is 0 Å². The van der Waals surface area contributed by atoms with Crippen molar-refractivity contribution < 1.29 is 0 Å². The summed E-state index contributed by atoms with van der Waals surface area (Å²) < 4.78 is 0. The summed E-state index contributed by atoms with van der Waals surface area (Å²) in [6.45, 7) is 6.87. The normalized spacial score (nSPS) is 15.1. The molecule has 0 bridgehead atoms. The molecule has 1 radical (unpaired) electrons. The lowest BCUT2D eigenvalue weighted by atomic mass is 9.95. The van der Waals surface area contributed by atoms with Gasteiger partial charge in [-0.1, -0.05) is 76.9 Å². The van der Waals surface area contributed by atoms with Gasteiger partial charge < -0.3 is 0 Å². The van der Waals surface area contributed by atoms with E-state index >= 15 is 0 Å². The first-order valence-corrected chi connectivity index (χ1v) is 9.03. The van der Waals surface area contributed by atoms with Gasteiger partial charge in [-0.3, -0.25) is 0 Å². The summed E-state index contributed by atoms with van der Waals surface area (Å²) in [4.78, 5) is 0. The molecule has 20 heavy (non-hydrogen) atoms. The van der Waals surface area contributed by atoms with Crippen molar-refractivity contribution in [2.24, 2.45) is 0 Å². The standard InChI is InChI=1S/C20H35/c1-4-6-8-10-11-13-15-20-18(3)16-17-19(20)14-12-9-7-5-2/h16-17H,4-15H2,1-3H3. The molecule has 0 fully saturated rings. The van der Waals surface area contributed by atoms with Crippen molar-refractivity contribution in [3.63, 3.8) is 0 Å². The van der Waals surface area contributed by atoms with Gasteiger partial charge in [0.05, 0.1) is 0 Å². The van der Waals surface area contributed by atoms with Crippen LogP contribution in [0.4, 0.5) is 0 Å². The second-order valence-electron chi connectivity index (χ2n) is 6.35. The average Bonchev–Trinajstić information content (AvgIpc) is 2.80. The highest BCUT2D eigenvalue weighted by atomic mass is 14.2. The van der Waals surface area contributed by atoms with Crippen LogP contribution < -0.4 is 0 Å². The third-order valence-corrected chi connectivity index (χ3v) is 4.48. The molecule has 0 saturated heterocycles. The monoisotopic (exact) mass is 275 g/mol. The van der Waals surface area contributed by atoms with Crippen molar-refractivity contribution in [1.82, 2.24) is 0 Å². The largest absolute Gasteiger partial charge is 0.0729 e. The van der Waals surface area contributed by atoms with Gasteiger partial charge in [0.25, 0.3) is 0 Å². The van der Waals surface area contributed by atoms with Crippen LogP contribution >= 0.6 is 0 Å². The maximum Gasteiger partial charge on any atom is 0.00864 e. The van der Waals surface area contributed by atoms with Crippen LogP contribution in [-0.2, 0) is 0 Å². The van der Waals surface area contributed by atoms with E-state index in [1.807, 2.05) is 0 Å². The molecule has 0 aliphatic heterocycles. The fourth-order valence-corrected chi connectivity index (χ4v) is 3.10. The molecule has 0 N–H and O–H groups in total. The molecule has 0 unspecified atom stereocenters. The topological polar surface area (TPSA) is 0 Å². The van der Waals surface area contributed by atoms with Gasteiger partial charge in [-0.25, -0.2) is 0 Å². The second-order valence-corrected chi connectivity index (χ2v) is 6.35. The highest BCUT2D eigenvalue weighted by molar-refractivity contribution is 5.48. The quantitative estimate of drug-likeness (QED) is 0.331. The lowest BCUT2D eigenvalue weighted by Gasteiger charge is -2.10. The Balaban J connectivity index is 2.20. The number of allylic oxidation sites excluding steroid dienone is 4. The predicted molar refractivity (Wildman–Crippen MR) is 91.8 cm³/mol. The zero-order valence-corrected chi connectivity index (χ0v) is 14.1. The third-order valence-electron chi connectivity index (χ3n) is 4.48. The van der Waals surface area contributed by atoms with Gasteiger partial charge in [0.2, 0.25) is 0 Å². The lowest BCUT2D eigenvalue weighted by molar-refractivity contribution is 0.604. The van der Waals surface area contributed by atoms with Crippen LogP contribution in [-0.4, -0.2) is 0 Å². The maximum atomic E-state index is 2.38. The van der Waals surface area contributed by atoms with Crippen LogP contribution in [0.1, 0.15) is 97.8 Å². The Morgan fingerprint density at radius 1 is 0.700 bits per heavy atom. The molecule has 0 nitrogen and oxygen atoms in total. The van der Waals surface area contributed by atoms with Crippen molar-refractivity contribution in [2.45, 2.75) is 97.8 Å². The Kier molecular flexibility index (Phi) is 9.79. The minimum Gasteiger partial charge on any atom is -0.0729 e. The van der Waals surface area contributed by atoms with Crippen LogP contribution in [0.3, 0.4) is 0 Å². The molecule has 1 aliphatic rings. The molecule has 0 amide bonds. The van der Waals surface area contributed by atoms with Crippen LogP contribution in [0.15, 0.2) is 22.8 Å². The molecule has 0 spiro atoms. The van der Waals surface area contributed by atoms with Crippen molar-refractivity contribution >= 4 is 0 Å². The molecule has 0 saturated carbocycles. The molecule has 0 aromatic heterocycles. The second kappa shape index (κ2) is 11.2. The Bertz CT molecular complexity index is 306. The molecule has 0 aromatic rings. The predicted octanol–water partition coefficient (Wildman–Crippen LogP) is 7.17. The lowest BCUT2D eigenvalue weighted by Crippen LogP contribution is -1.91. The number of rotatable bonds is 12. The Hall–Kier alpha value is -0.520. The van der Waals surface area contributed by atoms with E-state index in [0.717, 1.165) is 0 Å². The van der Waals surface area contributed by atoms with Gasteiger partial charge in [0.15, 0.2) is 0 Å². The zero-order valence-electron chi connectivity index (χ0n) is 14.1. The molecular formula is C20H35. The molecule has 0 heteroatoms. The first kappa shape index (κ1) is 17.5. The highest BCUT2D eigenvalue weighted by Gasteiger charge is 2.14. The zero-order chi connectivity index (χ0) is 14.6. The van der Waals surface area contributed by atoms with Crippen LogP contribution in [0, 0.1) is 6.42 Å². The van der Waals surface area contributed by atoms with Crippen molar-refractivity contribution in [3.05, 3.63) is 29.2 Å². The Morgan fingerprint density at radius 3 is 1.95 bits per heavy atom. The van der Waals surface area contributed by atoms with Gasteiger partial charge in [-0.15, -0.1) is 0 Å². The molecule has 0 aromatic carbocycles. The van der Waals surface area contributed by atoms with E-state index in [9.17, 15) is 0 Å². The van der Waals surface area contributed by atoms with E-state index in [4.69, 9.17) is 0 Å². The van der Waals surface area contributed by atoms with E-state index in [1.54, 1.807) is 11.1 Å². The maximum absolute atomic E-state index is 2.38. The summed E-state index contributed by atoms with van der Waals surface area (Å²) in [5.41, 5.74) is 4.85. The van der Waals surface area contributed by atoms with E-state index in [-0.39, 0.29) is 0 Å². The number of hydrogen-bond donors (Lipinski definition) is 0. The Labute approximate surface area is 127 Å². The van der Waals surface area contributed by atoms with Crippen molar-refractivity contribution in [2.75, 3.05) is 0 Å². The minimum atomic E-state index is 1.30. The summed E-state index contributed by atoms with van der Waals surface area (Å²) in [6, 6.07) is 0. The first-order chi connectivity index (χ1) is 9.79. The SMILES string of the molecule is CCCCCCCCC1=C(C)[CH]C=C1CCCCCC. The van der Waals surface area contributed by atoms with E-state index in [2.05, 4.69) is 33.3 Å². The fourth-order valence-electron chi connectivity index (χ4n) is 3.10. The van der Waals surface area contributed by atoms with Crippen molar-refractivity contribution in [1.29, 1.82) is 0 Å². The number of hydrogen-bond acceptors (Lipinski definition) is 0. The summed E-state index contributed by atoms with van der Waals surface area (Å²) in [5.74, 6) is 0. The van der Waals surface area contributed by atoms with Gasteiger partial charge in [0.1, 0.15) is 0 Å². The van der Waals surface area contributed by atoms with Crippen LogP contribution in [0.5, 0.6) is 0 Å². The van der Waals surface area contributed by atoms with Crippen LogP contribution in [0.25, 0.3) is 0 Å². The molecule has 1 rings (SSSR count). The molecule has 0 heterocycles. The van der Waals surface area contributed by atoms with Gasteiger partial charge in [-0.05, 0) is 43.8 Å². The van der Waals surface area contributed by atoms with E-state index in [1.165, 1.54) is 82.6 Å². The number of unbranched alkanes of at least 4 members (excludes halogenated alkanes) is 8. The van der Waals surface area contributed by atoms with Crippen LogP contribution in [0.2, 0.25) is 0 Å². The smallest absolute Gasteiger partial charge is 0.00864 e. The highest BCUT2D eigenvalue weighted by Crippen LogP contribution is 2.32. The summed E-state index contributed by atoms with van der Waals surface area (Å²) in [7, 11) is 0. The van der Waals surface area contributed by atoms with Gasteiger partial charge >= 0.3 is 0 Å². The molecule has 115 valence electrons. The van der Waals surface area contributed by atoms with Crippen molar-refractivity contribution in [3.8, 4) is 0 Å². The summed E-state index contributed by atoms with van der Waals surface area (Å²) in [6.07, 6.45) is 21.3. The summed E-state index contributed by atoms with van der Waals surface area (Å²) in [5, 5.41) is 0. The first-order valence-electron chi connectivity index (χ1n) is 9.03. The van der Waals surface area contributed by atoms with Gasteiger partial charge in [-0.2, -0.15) is 0 Å². The average molecular weight is 276 g/mol.